The van der Waals surface area contributed by atoms with Gasteiger partial charge in [0, 0.05) is 11.3 Å². The van der Waals surface area contributed by atoms with Crippen LogP contribution in [0.1, 0.15) is 13.8 Å². The predicted molar refractivity (Wildman–Crippen MR) is 50.2 cm³/mol. The molecule has 4 nitrogen and oxygen atoms in total. The van der Waals surface area contributed by atoms with Crippen LogP contribution in [0.2, 0.25) is 0 Å². The topological polar surface area (TPSA) is 74.6 Å². The molecule has 0 aromatic carbocycles. The van der Waals surface area contributed by atoms with E-state index < -0.39 is 40.7 Å². The number of carboxylic acid groups (broad SMARTS) is 2. The Morgan fingerprint density at radius 3 is 1.78 bits per heavy atom. The van der Waals surface area contributed by atoms with Crippen molar-refractivity contribution < 1.29 is 37.4 Å². The lowest BCUT2D eigenvalue weighted by molar-refractivity contribution is -0.159. The molecule has 0 aromatic rings. The minimum atomic E-state index is -5.25. The molecule has 18 heavy (non-hydrogen) atoms. The second-order valence-electron chi connectivity index (χ2n) is 4.63. The van der Waals surface area contributed by atoms with E-state index in [2.05, 4.69) is 0 Å². The molecule has 1 saturated carbocycles. The SMILES string of the molecule is CC1(C)C(C=C(F)C(F)(F)F)C1(C(=O)O)C(=O)O. The third kappa shape index (κ3) is 1.67. The summed E-state index contributed by atoms with van der Waals surface area (Å²) in [5, 5.41) is 17.8. The highest BCUT2D eigenvalue weighted by Gasteiger charge is 2.80. The monoisotopic (exact) mass is 270 g/mol. The van der Waals surface area contributed by atoms with Crippen LogP contribution >= 0.6 is 0 Å². The Morgan fingerprint density at radius 1 is 1.17 bits per heavy atom. The molecule has 8 heteroatoms. The molecule has 1 aliphatic rings. The first-order chi connectivity index (χ1) is 7.90. The zero-order valence-electron chi connectivity index (χ0n) is 9.38. The molecular weight excluding hydrogens is 260 g/mol. The van der Waals surface area contributed by atoms with Gasteiger partial charge < -0.3 is 10.2 Å². The Kier molecular flexibility index (Phi) is 2.97. The quantitative estimate of drug-likeness (QED) is 0.609. The van der Waals surface area contributed by atoms with Crippen molar-refractivity contribution in [3.63, 3.8) is 0 Å². The fourth-order valence-corrected chi connectivity index (χ4v) is 2.29. The van der Waals surface area contributed by atoms with Gasteiger partial charge in [-0.2, -0.15) is 13.2 Å². The molecule has 0 spiro atoms. The lowest BCUT2D eigenvalue weighted by Gasteiger charge is -2.08. The van der Waals surface area contributed by atoms with Gasteiger partial charge >= 0.3 is 18.1 Å². The summed E-state index contributed by atoms with van der Waals surface area (Å²) in [6, 6.07) is 0. The predicted octanol–water partition coefficient (Wildman–Crippen LogP) is 2.21. The average Bonchev–Trinajstić information content (AvgIpc) is 2.62. The number of hydrogen-bond donors (Lipinski definition) is 2. The van der Waals surface area contributed by atoms with Crippen molar-refractivity contribution in [1.29, 1.82) is 0 Å². The number of hydrogen-bond acceptors (Lipinski definition) is 2. The first-order valence-corrected chi connectivity index (χ1v) is 4.81. The lowest BCUT2D eigenvalue weighted by Crippen LogP contribution is -2.30. The van der Waals surface area contributed by atoms with Crippen LogP contribution in [0, 0.1) is 16.7 Å². The van der Waals surface area contributed by atoms with E-state index in [-0.39, 0.29) is 6.08 Å². The van der Waals surface area contributed by atoms with Crippen molar-refractivity contribution in [3.05, 3.63) is 11.9 Å². The zero-order chi connectivity index (χ0) is 14.5. The molecule has 1 atom stereocenters. The number of carboxylic acids is 2. The Bertz CT molecular complexity index is 422. The average molecular weight is 270 g/mol. The van der Waals surface area contributed by atoms with Crippen molar-refractivity contribution in [2.45, 2.75) is 20.0 Å². The fourth-order valence-electron chi connectivity index (χ4n) is 2.29. The summed E-state index contributed by atoms with van der Waals surface area (Å²) in [4.78, 5) is 21.9. The Morgan fingerprint density at radius 2 is 1.56 bits per heavy atom. The molecular formula is C10H10F4O4. The first-order valence-electron chi connectivity index (χ1n) is 4.81. The maximum absolute atomic E-state index is 12.8. The summed E-state index contributed by atoms with van der Waals surface area (Å²) >= 11 is 0. The van der Waals surface area contributed by atoms with E-state index in [0.717, 1.165) is 0 Å². The minimum absolute atomic E-state index is 0.0300. The number of halogens is 4. The highest BCUT2D eigenvalue weighted by molar-refractivity contribution is 6.04. The van der Waals surface area contributed by atoms with E-state index in [4.69, 9.17) is 10.2 Å². The van der Waals surface area contributed by atoms with Crippen molar-refractivity contribution in [2.24, 2.45) is 16.7 Å². The largest absolute Gasteiger partial charge is 0.480 e. The van der Waals surface area contributed by atoms with Crippen LogP contribution in [0.25, 0.3) is 0 Å². The smallest absolute Gasteiger partial charge is 0.442 e. The molecule has 1 unspecified atom stereocenters. The highest BCUT2D eigenvalue weighted by atomic mass is 19.4. The molecule has 1 fully saturated rings. The first kappa shape index (κ1) is 14.5. The maximum Gasteiger partial charge on any atom is 0.442 e. The lowest BCUT2D eigenvalue weighted by atomic mass is 9.96. The number of allylic oxidation sites excluding steroid dienone is 2. The van der Waals surface area contributed by atoms with Gasteiger partial charge in [-0.15, -0.1) is 0 Å². The molecule has 2 N–H and O–H groups in total. The fraction of sp³-hybridized carbons (Fsp3) is 0.600. The second kappa shape index (κ2) is 3.69. The van der Waals surface area contributed by atoms with Gasteiger partial charge in [-0.05, 0) is 6.08 Å². The van der Waals surface area contributed by atoms with E-state index in [1.807, 2.05) is 0 Å². The Hall–Kier alpha value is -1.60. The van der Waals surface area contributed by atoms with Gasteiger partial charge in [0.25, 0.3) is 0 Å². The summed E-state index contributed by atoms with van der Waals surface area (Å²) in [5.41, 5.74) is -3.91. The molecule has 1 rings (SSSR count). The van der Waals surface area contributed by atoms with Crippen LogP contribution in [0.5, 0.6) is 0 Å². The van der Waals surface area contributed by atoms with Gasteiger partial charge in [-0.3, -0.25) is 9.59 Å². The highest BCUT2D eigenvalue weighted by Crippen LogP contribution is 2.70. The molecule has 0 aliphatic heterocycles. The van der Waals surface area contributed by atoms with Crippen LogP contribution in [0.3, 0.4) is 0 Å². The molecule has 0 radical (unpaired) electrons. The van der Waals surface area contributed by atoms with Gasteiger partial charge in [-0.1, -0.05) is 13.8 Å². The van der Waals surface area contributed by atoms with Gasteiger partial charge in [0.05, 0.1) is 0 Å². The van der Waals surface area contributed by atoms with Crippen molar-refractivity contribution >= 4 is 11.9 Å². The second-order valence-corrected chi connectivity index (χ2v) is 4.63. The number of alkyl halides is 3. The normalized spacial score (nSPS) is 25.7. The third-order valence-corrected chi connectivity index (χ3v) is 3.44. The zero-order valence-corrected chi connectivity index (χ0v) is 9.38. The van der Waals surface area contributed by atoms with Crippen LogP contribution < -0.4 is 0 Å². The van der Waals surface area contributed by atoms with Crippen molar-refractivity contribution in [3.8, 4) is 0 Å². The molecule has 0 amide bonds. The molecule has 102 valence electrons. The van der Waals surface area contributed by atoms with Crippen LogP contribution in [0.4, 0.5) is 17.6 Å². The van der Waals surface area contributed by atoms with Crippen LogP contribution in [0.15, 0.2) is 11.9 Å². The van der Waals surface area contributed by atoms with E-state index in [0.29, 0.717) is 0 Å². The molecule has 0 bridgehead atoms. The van der Waals surface area contributed by atoms with Gasteiger partial charge in [0.1, 0.15) is 0 Å². The van der Waals surface area contributed by atoms with Crippen LogP contribution in [-0.4, -0.2) is 28.3 Å². The number of carbonyl (C=O) groups is 2. The van der Waals surface area contributed by atoms with E-state index in [9.17, 15) is 27.2 Å². The molecule has 0 saturated heterocycles. The summed E-state index contributed by atoms with van der Waals surface area (Å²) < 4.78 is 48.8. The summed E-state index contributed by atoms with van der Waals surface area (Å²) in [6.45, 7) is 2.33. The van der Waals surface area contributed by atoms with E-state index >= 15 is 0 Å². The summed E-state index contributed by atoms with van der Waals surface area (Å²) in [5.74, 6) is -7.60. The molecule has 0 aromatic heterocycles. The number of aliphatic carboxylic acids is 2. The van der Waals surface area contributed by atoms with E-state index in [1.165, 1.54) is 13.8 Å². The van der Waals surface area contributed by atoms with Gasteiger partial charge in [0.15, 0.2) is 11.2 Å². The Labute approximate surface area is 98.9 Å². The van der Waals surface area contributed by atoms with Gasteiger partial charge in [0.2, 0.25) is 0 Å². The summed E-state index contributed by atoms with van der Waals surface area (Å²) in [7, 11) is 0. The van der Waals surface area contributed by atoms with E-state index in [1.54, 1.807) is 0 Å². The standard InChI is InChI=1S/C10H10F4O4/c1-8(2)4(3-5(11)10(12,13)14)9(8,6(15)16)7(17)18/h3-4H,1-2H3,(H,15,16)(H,17,18). The third-order valence-electron chi connectivity index (χ3n) is 3.44. The van der Waals surface area contributed by atoms with Gasteiger partial charge in [-0.25, -0.2) is 4.39 Å². The maximum atomic E-state index is 12.8. The van der Waals surface area contributed by atoms with Crippen LogP contribution in [-0.2, 0) is 9.59 Å². The Balaban J connectivity index is 3.22. The van der Waals surface area contributed by atoms with Crippen molar-refractivity contribution in [2.75, 3.05) is 0 Å². The number of rotatable bonds is 3. The van der Waals surface area contributed by atoms with Crippen molar-refractivity contribution in [1.82, 2.24) is 0 Å². The molecule has 0 heterocycles. The summed E-state index contributed by atoms with van der Waals surface area (Å²) in [6.07, 6.45) is -5.22. The minimum Gasteiger partial charge on any atom is -0.480 e. The molecule has 1 aliphatic carbocycles.